The van der Waals surface area contributed by atoms with Crippen molar-refractivity contribution in [3.05, 3.63) is 11.8 Å². The smallest absolute Gasteiger partial charge is 0.226 e. The second-order valence-electron chi connectivity index (χ2n) is 3.56. The van der Waals surface area contributed by atoms with Gasteiger partial charge in [0.2, 0.25) is 5.91 Å². The van der Waals surface area contributed by atoms with E-state index in [0.29, 0.717) is 5.82 Å². The number of carbonyl (C=O) groups excluding carboxylic acids is 1. The van der Waals surface area contributed by atoms with Crippen LogP contribution in [-0.2, 0) is 21.1 Å². The number of anilines is 1. The third kappa shape index (κ3) is 4.43. The SMILES string of the molecule is CCc1cc(NC(=O)CCS(C)(=O)=O)n[nH]1. The number of sulfone groups is 1. The van der Waals surface area contributed by atoms with Crippen molar-refractivity contribution in [2.45, 2.75) is 19.8 Å². The molecule has 1 heterocycles. The first kappa shape index (κ1) is 12.7. The summed E-state index contributed by atoms with van der Waals surface area (Å²) in [4.78, 5) is 11.3. The summed E-state index contributed by atoms with van der Waals surface area (Å²) in [5.41, 5.74) is 0.915. The Morgan fingerprint density at radius 1 is 1.56 bits per heavy atom. The van der Waals surface area contributed by atoms with Gasteiger partial charge in [-0.05, 0) is 6.42 Å². The first-order chi connectivity index (χ1) is 7.40. The average Bonchev–Trinajstić information content (AvgIpc) is 2.61. The number of carbonyl (C=O) groups is 1. The second kappa shape index (κ2) is 5.11. The van der Waals surface area contributed by atoms with Gasteiger partial charge in [-0.3, -0.25) is 9.89 Å². The van der Waals surface area contributed by atoms with Gasteiger partial charge in [0.25, 0.3) is 0 Å². The highest BCUT2D eigenvalue weighted by atomic mass is 32.2. The van der Waals surface area contributed by atoms with Crippen LogP contribution in [0, 0.1) is 0 Å². The van der Waals surface area contributed by atoms with Crippen LogP contribution in [0.4, 0.5) is 5.82 Å². The van der Waals surface area contributed by atoms with E-state index in [9.17, 15) is 13.2 Å². The number of hydrogen-bond donors (Lipinski definition) is 2. The molecule has 0 aliphatic heterocycles. The summed E-state index contributed by atoms with van der Waals surface area (Å²) in [7, 11) is -3.10. The molecule has 0 saturated heterocycles. The Morgan fingerprint density at radius 2 is 2.25 bits per heavy atom. The Morgan fingerprint density at radius 3 is 2.75 bits per heavy atom. The topological polar surface area (TPSA) is 91.9 Å². The Kier molecular flexibility index (Phi) is 4.05. The third-order valence-electron chi connectivity index (χ3n) is 1.98. The van der Waals surface area contributed by atoms with Crippen molar-refractivity contribution in [3.8, 4) is 0 Å². The summed E-state index contributed by atoms with van der Waals surface area (Å²) < 4.78 is 21.7. The molecule has 6 nitrogen and oxygen atoms in total. The van der Waals surface area contributed by atoms with Crippen LogP contribution in [0.3, 0.4) is 0 Å². The number of rotatable bonds is 5. The Hall–Kier alpha value is -1.37. The van der Waals surface area contributed by atoms with E-state index < -0.39 is 9.84 Å². The molecule has 1 aromatic rings. The number of hydrogen-bond acceptors (Lipinski definition) is 4. The average molecular weight is 245 g/mol. The van der Waals surface area contributed by atoms with E-state index in [4.69, 9.17) is 0 Å². The summed E-state index contributed by atoms with van der Waals surface area (Å²) in [5, 5.41) is 9.14. The van der Waals surface area contributed by atoms with E-state index in [0.717, 1.165) is 18.4 Å². The highest BCUT2D eigenvalue weighted by Gasteiger charge is 2.09. The highest BCUT2D eigenvalue weighted by Crippen LogP contribution is 2.06. The zero-order valence-electron chi connectivity index (χ0n) is 9.28. The van der Waals surface area contributed by atoms with E-state index in [1.165, 1.54) is 0 Å². The lowest BCUT2D eigenvalue weighted by molar-refractivity contribution is -0.115. The zero-order valence-corrected chi connectivity index (χ0v) is 10.1. The van der Waals surface area contributed by atoms with Crippen molar-refractivity contribution >= 4 is 21.6 Å². The predicted molar refractivity (Wildman–Crippen MR) is 60.9 cm³/mol. The number of nitrogens with one attached hydrogen (secondary N) is 2. The maximum atomic E-state index is 11.3. The minimum Gasteiger partial charge on any atom is -0.309 e. The van der Waals surface area contributed by atoms with Crippen LogP contribution in [0.5, 0.6) is 0 Å². The largest absolute Gasteiger partial charge is 0.309 e. The van der Waals surface area contributed by atoms with Crippen LogP contribution in [0.1, 0.15) is 19.0 Å². The van der Waals surface area contributed by atoms with Gasteiger partial charge in [-0.25, -0.2) is 8.42 Å². The fourth-order valence-electron chi connectivity index (χ4n) is 1.09. The molecule has 1 aromatic heterocycles. The normalized spacial score (nSPS) is 11.4. The number of aromatic nitrogens is 2. The van der Waals surface area contributed by atoms with E-state index in [-0.39, 0.29) is 18.1 Å². The summed E-state index contributed by atoms with van der Waals surface area (Å²) >= 11 is 0. The van der Waals surface area contributed by atoms with Gasteiger partial charge in [-0.15, -0.1) is 0 Å². The Labute approximate surface area is 94.4 Å². The van der Waals surface area contributed by atoms with Crippen LogP contribution in [-0.4, -0.2) is 36.5 Å². The van der Waals surface area contributed by atoms with Gasteiger partial charge in [0.15, 0.2) is 5.82 Å². The van der Waals surface area contributed by atoms with Crippen molar-refractivity contribution in [1.82, 2.24) is 10.2 Å². The maximum Gasteiger partial charge on any atom is 0.226 e. The van der Waals surface area contributed by atoms with Gasteiger partial charge in [-0.2, -0.15) is 5.10 Å². The minimum atomic E-state index is -3.10. The number of nitrogens with zero attached hydrogens (tertiary/aromatic N) is 1. The molecule has 16 heavy (non-hydrogen) atoms. The summed E-state index contributed by atoms with van der Waals surface area (Å²) in [6, 6.07) is 1.72. The van der Waals surface area contributed by atoms with Gasteiger partial charge in [0.1, 0.15) is 9.84 Å². The van der Waals surface area contributed by atoms with Gasteiger partial charge in [0, 0.05) is 24.4 Å². The van der Waals surface area contributed by atoms with Crippen LogP contribution < -0.4 is 5.32 Å². The first-order valence-corrected chi connectivity index (χ1v) is 6.98. The Balaban J connectivity index is 2.45. The predicted octanol–water partition coefficient (Wildman–Crippen LogP) is 0.345. The lowest BCUT2D eigenvalue weighted by atomic mass is 10.3. The molecular formula is C9H15N3O3S. The molecule has 0 spiro atoms. The van der Waals surface area contributed by atoms with Crippen molar-refractivity contribution in [1.29, 1.82) is 0 Å². The molecule has 0 bridgehead atoms. The van der Waals surface area contributed by atoms with Gasteiger partial charge < -0.3 is 5.32 Å². The molecule has 0 unspecified atom stereocenters. The maximum absolute atomic E-state index is 11.3. The molecule has 0 saturated carbocycles. The van der Waals surface area contributed by atoms with Gasteiger partial charge >= 0.3 is 0 Å². The number of aryl methyl sites for hydroxylation is 1. The third-order valence-corrected chi connectivity index (χ3v) is 2.92. The van der Waals surface area contributed by atoms with Crippen LogP contribution in [0.15, 0.2) is 6.07 Å². The van der Waals surface area contributed by atoms with E-state index >= 15 is 0 Å². The molecule has 0 aliphatic rings. The lowest BCUT2D eigenvalue weighted by Gasteiger charge is -2.00. The number of aromatic amines is 1. The molecule has 2 N–H and O–H groups in total. The molecule has 90 valence electrons. The van der Waals surface area contributed by atoms with Crippen molar-refractivity contribution in [2.24, 2.45) is 0 Å². The Bertz CT molecular complexity index is 464. The fraction of sp³-hybridized carbons (Fsp3) is 0.556. The van der Waals surface area contributed by atoms with Gasteiger partial charge in [-0.1, -0.05) is 6.92 Å². The van der Waals surface area contributed by atoms with Crippen molar-refractivity contribution in [3.63, 3.8) is 0 Å². The van der Waals surface area contributed by atoms with Crippen LogP contribution in [0.2, 0.25) is 0 Å². The minimum absolute atomic E-state index is 0.0485. The van der Waals surface area contributed by atoms with Crippen molar-refractivity contribution in [2.75, 3.05) is 17.3 Å². The standard InChI is InChI=1S/C9H15N3O3S/c1-3-7-6-8(12-11-7)10-9(13)4-5-16(2,14)15/h6H,3-5H2,1-2H3,(H2,10,11,12,13). The molecule has 0 radical (unpaired) electrons. The molecule has 1 rings (SSSR count). The van der Waals surface area contributed by atoms with Crippen molar-refractivity contribution < 1.29 is 13.2 Å². The first-order valence-electron chi connectivity index (χ1n) is 4.92. The molecule has 0 aromatic carbocycles. The molecule has 7 heteroatoms. The van der Waals surface area contributed by atoms with E-state index in [1.807, 2.05) is 6.92 Å². The van der Waals surface area contributed by atoms with E-state index in [1.54, 1.807) is 6.07 Å². The molecular weight excluding hydrogens is 230 g/mol. The van der Waals surface area contributed by atoms with Crippen LogP contribution >= 0.6 is 0 Å². The summed E-state index contributed by atoms with van der Waals surface area (Å²) in [5.74, 6) is -0.0703. The van der Waals surface area contributed by atoms with Gasteiger partial charge in [0.05, 0.1) is 5.75 Å². The summed E-state index contributed by atoms with van der Waals surface area (Å²) in [6.07, 6.45) is 1.85. The molecule has 1 amide bonds. The molecule has 0 atom stereocenters. The second-order valence-corrected chi connectivity index (χ2v) is 5.82. The lowest BCUT2D eigenvalue weighted by Crippen LogP contribution is -2.16. The number of H-pyrrole nitrogens is 1. The monoisotopic (exact) mass is 245 g/mol. The zero-order chi connectivity index (χ0) is 12.2. The van der Waals surface area contributed by atoms with Crippen LogP contribution in [0.25, 0.3) is 0 Å². The molecule has 0 aliphatic carbocycles. The molecule has 0 fully saturated rings. The summed E-state index contributed by atoms with van der Waals surface area (Å²) in [6.45, 7) is 1.96. The highest BCUT2D eigenvalue weighted by molar-refractivity contribution is 7.90. The van der Waals surface area contributed by atoms with E-state index in [2.05, 4.69) is 15.5 Å². The fourth-order valence-corrected chi connectivity index (χ4v) is 1.65. The quantitative estimate of drug-likeness (QED) is 0.782. The number of amides is 1.